The minimum absolute atomic E-state index is 0.956. The zero-order valence-corrected chi connectivity index (χ0v) is 17.2. The van der Waals surface area contributed by atoms with Crippen LogP contribution < -0.4 is 21.2 Å². The standard InChI is InChI=1S/C24H22N2P2/c25-27(21-13-5-1-6-14-21,22-15-7-2-8-16-22)28(26,23-17-9-3-10-18-23)24-19-11-4-12-20-24/h1-20,25-26H. The molecular formula is C24H22N2P2. The van der Waals surface area contributed by atoms with Crippen LogP contribution in [0.3, 0.4) is 0 Å². The van der Waals surface area contributed by atoms with Gasteiger partial charge < -0.3 is 10.3 Å². The van der Waals surface area contributed by atoms with Crippen molar-refractivity contribution in [3.63, 3.8) is 0 Å². The summed E-state index contributed by atoms with van der Waals surface area (Å²) in [7, 11) is 0. The zero-order chi connectivity index (χ0) is 19.5. The molecule has 0 aliphatic carbocycles. The summed E-state index contributed by atoms with van der Waals surface area (Å²) in [5.41, 5.74) is 0. The Kier molecular flexibility index (Phi) is 5.18. The third-order valence-electron chi connectivity index (χ3n) is 4.97. The van der Waals surface area contributed by atoms with E-state index in [1.54, 1.807) is 0 Å². The lowest BCUT2D eigenvalue weighted by Gasteiger charge is -2.37. The van der Waals surface area contributed by atoms with Gasteiger partial charge in [-0.1, -0.05) is 121 Å². The quantitative estimate of drug-likeness (QED) is 0.400. The average Bonchev–Trinajstić information content (AvgIpc) is 2.80. The number of nitrogens with one attached hydrogen (secondary N) is 2. The van der Waals surface area contributed by atoms with Gasteiger partial charge in [-0.05, 0) is 0 Å². The van der Waals surface area contributed by atoms with Crippen LogP contribution in [0.1, 0.15) is 0 Å². The molecule has 0 aliphatic rings. The summed E-state index contributed by atoms with van der Waals surface area (Å²) in [5, 5.41) is 23.8. The van der Waals surface area contributed by atoms with Crippen LogP contribution in [-0.2, 0) is 0 Å². The lowest BCUT2D eigenvalue weighted by Crippen LogP contribution is -2.25. The van der Waals surface area contributed by atoms with Crippen molar-refractivity contribution in [2.75, 3.05) is 0 Å². The predicted molar refractivity (Wildman–Crippen MR) is 124 cm³/mol. The Morgan fingerprint density at radius 1 is 0.321 bits per heavy atom. The fraction of sp³-hybridized carbons (Fsp3) is 0. The van der Waals surface area contributed by atoms with Gasteiger partial charge >= 0.3 is 0 Å². The maximum Gasteiger partial charge on any atom is 0.0681 e. The van der Waals surface area contributed by atoms with E-state index >= 15 is 0 Å². The number of benzene rings is 4. The molecule has 0 amide bonds. The molecule has 0 aliphatic heterocycles. The van der Waals surface area contributed by atoms with E-state index in [4.69, 9.17) is 0 Å². The summed E-state index contributed by atoms with van der Waals surface area (Å²) >= 11 is 0. The molecule has 4 aromatic carbocycles. The molecule has 0 saturated carbocycles. The fourth-order valence-corrected chi connectivity index (χ4v) is 13.7. The van der Waals surface area contributed by atoms with Gasteiger partial charge in [-0.15, -0.1) is 0 Å². The Labute approximate surface area is 166 Å². The van der Waals surface area contributed by atoms with Crippen molar-refractivity contribution in [1.82, 2.24) is 0 Å². The van der Waals surface area contributed by atoms with Gasteiger partial charge in [0.2, 0.25) is 0 Å². The molecule has 0 saturated heterocycles. The molecule has 0 aromatic heterocycles. The van der Waals surface area contributed by atoms with Crippen LogP contribution in [0.4, 0.5) is 0 Å². The highest BCUT2D eigenvalue weighted by atomic mass is 32.1. The SMILES string of the molecule is N=P(c1ccccc1)(c1ccccc1)P(=N)(c1ccccc1)c1ccccc1. The first-order valence-electron chi connectivity index (χ1n) is 9.18. The molecular weight excluding hydrogens is 378 g/mol. The third-order valence-corrected chi connectivity index (χ3v) is 15.5. The highest BCUT2D eigenvalue weighted by Crippen LogP contribution is 2.78. The molecule has 28 heavy (non-hydrogen) atoms. The Morgan fingerprint density at radius 2 is 0.500 bits per heavy atom. The molecule has 4 rings (SSSR count). The lowest BCUT2D eigenvalue weighted by molar-refractivity contribution is 1.58. The molecule has 0 fully saturated rings. The number of hydrogen-bond acceptors (Lipinski definition) is 2. The summed E-state index contributed by atoms with van der Waals surface area (Å²) in [5.74, 6) is 0. The first-order valence-corrected chi connectivity index (χ1v) is 13.5. The van der Waals surface area contributed by atoms with Crippen molar-refractivity contribution in [3.05, 3.63) is 121 Å². The Hall–Kier alpha value is -2.66. The topological polar surface area (TPSA) is 47.7 Å². The van der Waals surface area contributed by atoms with E-state index in [1.807, 2.05) is 121 Å². The molecule has 0 spiro atoms. The van der Waals surface area contributed by atoms with Gasteiger partial charge in [-0.2, -0.15) is 0 Å². The van der Waals surface area contributed by atoms with Crippen LogP contribution in [0.2, 0.25) is 0 Å². The highest BCUT2D eigenvalue weighted by Gasteiger charge is 2.40. The molecule has 4 aromatic rings. The zero-order valence-electron chi connectivity index (χ0n) is 15.4. The average molecular weight is 400 g/mol. The number of rotatable bonds is 5. The second-order valence-corrected chi connectivity index (χ2v) is 14.8. The largest absolute Gasteiger partial charge is 0.303 e. The van der Waals surface area contributed by atoms with Crippen LogP contribution in [-0.4, -0.2) is 0 Å². The minimum atomic E-state index is -2.81. The first-order chi connectivity index (χ1) is 13.7. The summed E-state index contributed by atoms with van der Waals surface area (Å²) in [6.45, 7) is -5.62. The molecule has 0 atom stereocenters. The van der Waals surface area contributed by atoms with E-state index in [0.29, 0.717) is 0 Å². The lowest BCUT2D eigenvalue weighted by atomic mass is 10.4. The van der Waals surface area contributed by atoms with E-state index in [9.17, 15) is 10.3 Å². The Morgan fingerprint density at radius 3 is 0.679 bits per heavy atom. The highest BCUT2D eigenvalue weighted by molar-refractivity contribution is 8.48. The van der Waals surface area contributed by atoms with E-state index in [2.05, 4.69) is 0 Å². The fourth-order valence-electron chi connectivity index (χ4n) is 3.57. The molecule has 0 heterocycles. The van der Waals surface area contributed by atoms with Crippen LogP contribution in [0.15, 0.2) is 121 Å². The van der Waals surface area contributed by atoms with Gasteiger partial charge in [0.15, 0.2) is 0 Å². The van der Waals surface area contributed by atoms with E-state index < -0.39 is 13.5 Å². The van der Waals surface area contributed by atoms with Gasteiger partial charge in [0.25, 0.3) is 0 Å². The molecule has 4 heteroatoms. The summed E-state index contributed by atoms with van der Waals surface area (Å²) in [6.07, 6.45) is 0. The second kappa shape index (κ2) is 7.76. The van der Waals surface area contributed by atoms with Crippen LogP contribution >= 0.6 is 13.5 Å². The summed E-state index contributed by atoms with van der Waals surface area (Å²) in [6, 6.07) is 40.1. The van der Waals surface area contributed by atoms with Crippen molar-refractivity contribution in [2.45, 2.75) is 0 Å². The van der Waals surface area contributed by atoms with Crippen molar-refractivity contribution in [3.8, 4) is 0 Å². The molecule has 2 nitrogen and oxygen atoms in total. The Bertz CT molecular complexity index is 960. The van der Waals surface area contributed by atoms with Gasteiger partial charge in [0.1, 0.15) is 0 Å². The van der Waals surface area contributed by atoms with E-state index in [-0.39, 0.29) is 0 Å². The van der Waals surface area contributed by atoms with Crippen molar-refractivity contribution in [1.29, 1.82) is 10.3 Å². The molecule has 2 N–H and O–H groups in total. The van der Waals surface area contributed by atoms with Crippen molar-refractivity contribution >= 4 is 34.7 Å². The molecule has 0 radical (unpaired) electrons. The Balaban J connectivity index is 2.13. The normalized spacial score (nSPS) is 11.9. The third kappa shape index (κ3) is 3.00. The van der Waals surface area contributed by atoms with Gasteiger partial charge in [0.05, 0.1) is 13.5 Å². The maximum atomic E-state index is 10.0. The minimum Gasteiger partial charge on any atom is -0.303 e. The first kappa shape index (κ1) is 18.7. The molecule has 0 bridgehead atoms. The van der Waals surface area contributed by atoms with Crippen molar-refractivity contribution < 1.29 is 0 Å². The predicted octanol–water partition coefficient (Wildman–Crippen LogP) is 5.76. The van der Waals surface area contributed by atoms with E-state index in [0.717, 1.165) is 21.2 Å². The summed E-state index contributed by atoms with van der Waals surface area (Å²) in [4.78, 5) is 0. The van der Waals surface area contributed by atoms with Gasteiger partial charge in [-0.25, -0.2) is 0 Å². The summed E-state index contributed by atoms with van der Waals surface area (Å²) < 4.78 is 0. The van der Waals surface area contributed by atoms with Gasteiger partial charge in [0, 0.05) is 21.2 Å². The molecule has 138 valence electrons. The molecule has 0 unspecified atom stereocenters. The second-order valence-electron chi connectivity index (χ2n) is 6.61. The van der Waals surface area contributed by atoms with Crippen LogP contribution in [0, 0.1) is 10.3 Å². The maximum absolute atomic E-state index is 10.0. The smallest absolute Gasteiger partial charge is 0.0681 e. The van der Waals surface area contributed by atoms with E-state index in [1.165, 1.54) is 0 Å². The monoisotopic (exact) mass is 400 g/mol. The van der Waals surface area contributed by atoms with Crippen LogP contribution in [0.5, 0.6) is 0 Å². The van der Waals surface area contributed by atoms with Gasteiger partial charge in [-0.3, -0.25) is 0 Å². The number of hydrogen-bond donors (Lipinski definition) is 2. The van der Waals surface area contributed by atoms with Crippen LogP contribution in [0.25, 0.3) is 0 Å². The van der Waals surface area contributed by atoms with Crippen molar-refractivity contribution in [2.24, 2.45) is 0 Å².